The summed E-state index contributed by atoms with van der Waals surface area (Å²) in [5.74, 6) is 0.0995. The largest absolute Gasteiger partial charge is 0.394 e. The zero-order valence-corrected chi connectivity index (χ0v) is 9.76. The van der Waals surface area contributed by atoms with Crippen LogP contribution in [-0.2, 0) is 9.47 Å². The number of hydrogen-bond acceptors (Lipinski definition) is 7. The van der Waals surface area contributed by atoms with Crippen LogP contribution < -0.4 is 11.4 Å². The minimum absolute atomic E-state index is 0.0995. The number of nitrogens with zero attached hydrogens (tertiary/aromatic N) is 2. The van der Waals surface area contributed by atoms with E-state index >= 15 is 0 Å². The van der Waals surface area contributed by atoms with Crippen LogP contribution in [0.2, 0.25) is 0 Å². The number of hydrogen-bond donors (Lipinski definition) is 3. The molecule has 0 spiro atoms. The van der Waals surface area contributed by atoms with Gasteiger partial charge in [-0.15, -0.1) is 0 Å². The molecule has 2 rings (SSSR count). The Bertz CT molecular complexity index is 477. The molecule has 2 heterocycles. The number of anilines is 1. The summed E-state index contributed by atoms with van der Waals surface area (Å²) >= 11 is 0. The molecule has 8 nitrogen and oxygen atoms in total. The van der Waals surface area contributed by atoms with Gasteiger partial charge in [-0.25, -0.2) is 4.79 Å². The Balaban J connectivity index is 2.35. The molecular weight excluding hydrogens is 242 g/mol. The fraction of sp³-hybridized carbons (Fsp3) is 0.600. The Morgan fingerprint density at radius 3 is 2.94 bits per heavy atom. The molecule has 0 amide bonds. The van der Waals surface area contributed by atoms with Crippen molar-refractivity contribution in [2.24, 2.45) is 0 Å². The van der Waals surface area contributed by atoms with E-state index in [0.717, 1.165) is 0 Å². The van der Waals surface area contributed by atoms with Crippen LogP contribution in [0, 0.1) is 0 Å². The molecule has 1 aliphatic heterocycles. The van der Waals surface area contributed by atoms with E-state index in [4.69, 9.17) is 20.3 Å². The van der Waals surface area contributed by atoms with E-state index in [1.807, 2.05) is 0 Å². The summed E-state index contributed by atoms with van der Waals surface area (Å²) in [6, 6.07) is 1.44. The first kappa shape index (κ1) is 13.0. The molecule has 100 valence electrons. The molecule has 0 radical (unpaired) electrons. The molecule has 18 heavy (non-hydrogen) atoms. The minimum Gasteiger partial charge on any atom is -0.394 e. The summed E-state index contributed by atoms with van der Waals surface area (Å²) in [4.78, 5) is 15.3. The van der Waals surface area contributed by atoms with E-state index in [2.05, 4.69) is 4.98 Å². The fourth-order valence-electron chi connectivity index (χ4n) is 1.97. The average molecular weight is 257 g/mol. The molecule has 0 unspecified atom stereocenters. The van der Waals surface area contributed by atoms with E-state index in [0.29, 0.717) is 0 Å². The predicted molar refractivity (Wildman–Crippen MR) is 60.7 cm³/mol. The molecule has 1 aromatic rings. The number of aliphatic hydroxyl groups is 2. The summed E-state index contributed by atoms with van der Waals surface area (Å²) in [6.45, 7) is -0.366. The van der Waals surface area contributed by atoms with Crippen molar-refractivity contribution in [2.75, 3.05) is 19.5 Å². The van der Waals surface area contributed by atoms with Gasteiger partial charge in [0.05, 0.1) is 6.61 Å². The quantitative estimate of drug-likeness (QED) is 0.578. The van der Waals surface area contributed by atoms with Crippen LogP contribution in [0.3, 0.4) is 0 Å². The van der Waals surface area contributed by atoms with Gasteiger partial charge in [-0.1, -0.05) is 0 Å². The Kier molecular flexibility index (Phi) is 3.62. The lowest BCUT2D eigenvalue weighted by atomic mass is 10.1. The molecule has 1 aromatic heterocycles. The summed E-state index contributed by atoms with van der Waals surface area (Å²) in [5.41, 5.74) is 4.78. The van der Waals surface area contributed by atoms with Crippen molar-refractivity contribution in [1.82, 2.24) is 9.55 Å². The van der Waals surface area contributed by atoms with Crippen molar-refractivity contribution in [1.29, 1.82) is 0 Å². The van der Waals surface area contributed by atoms with Gasteiger partial charge in [0.1, 0.15) is 24.1 Å². The second kappa shape index (κ2) is 5.02. The molecule has 0 saturated carbocycles. The van der Waals surface area contributed by atoms with E-state index < -0.39 is 30.2 Å². The first-order chi connectivity index (χ1) is 8.58. The SMILES string of the molecule is CO[C@H]1[C@H](O)[C@H](CO)O[C@@H]1n1ccc(N)nc1=O. The standard InChI is InChI=1S/C10H15N3O5/c1-17-8-7(15)5(4-14)18-9(8)13-3-2-6(11)12-10(13)16/h2-3,5,7-9,14-15H,4H2,1H3,(H2,11,12,16)/t5-,7+,8-,9-/m0/s1. The molecule has 1 aliphatic rings. The van der Waals surface area contributed by atoms with Crippen molar-refractivity contribution < 1.29 is 19.7 Å². The number of nitrogens with two attached hydrogens (primary N) is 1. The van der Waals surface area contributed by atoms with Gasteiger partial charge < -0.3 is 25.4 Å². The van der Waals surface area contributed by atoms with Crippen LogP contribution in [0.5, 0.6) is 0 Å². The van der Waals surface area contributed by atoms with E-state index in [9.17, 15) is 9.90 Å². The van der Waals surface area contributed by atoms with Crippen LogP contribution in [0.4, 0.5) is 5.82 Å². The van der Waals surface area contributed by atoms with E-state index in [1.165, 1.54) is 23.9 Å². The maximum absolute atomic E-state index is 11.7. The number of methoxy groups -OCH3 is 1. The van der Waals surface area contributed by atoms with Gasteiger partial charge in [-0.05, 0) is 6.07 Å². The van der Waals surface area contributed by atoms with Crippen molar-refractivity contribution in [2.45, 2.75) is 24.5 Å². The van der Waals surface area contributed by atoms with Gasteiger partial charge in [-0.3, -0.25) is 4.57 Å². The van der Waals surface area contributed by atoms with Crippen molar-refractivity contribution in [3.05, 3.63) is 22.7 Å². The number of aromatic nitrogens is 2. The Hall–Kier alpha value is -1.48. The Morgan fingerprint density at radius 1 is 1.67 bits per heavy atom. The lowest BCUT2D eigenvalue weighted by Crippen LogP contribution is -2.37. The highest BCUT2D eigenvalue weighted by molar-refractivity contribution is 5.23. The second-order valence-electron chi connectivity index (χ2n) is 3.98. The molecule has 1 saturated heterocycles. The summed E-state index contributed by atoms with van der Waals surface area (Å²) < 4.78 is 11.7. The summed E-state index contributed by atoms with van der Waals surface area (Å²) in [6.07, 6.45) is -2.01. The molecule has 1 fully saturated rings. The molecular formula is C10H15N3O5. The Morgan fingerprint density at radius 2 is 2.39 bits per heavy atom. The maximum atomic E-state index is 11.7. The van der Waals surface area contributed by atoms with Gasteiger partial charge in [-0.2, -0.15) is 4.98 Å². The molecule has 0 aliphatic carbocycles. The zero-order chi connectivity index (χ0) is 13.3. The third-order valence-corrected chi connectivity index (χ3v) is 2.89. The lowest BCUT2D eigenvalue weighted by molar-refractivity contribution is -0.0624. The van der Waals surface area contributed by atoms with Crippen molar-refractivity contribution in [3.8, 4) is 0 Å². The van der Waals surface area contributed by atoms with E-state index in [-0.39, 0.29) is 12.4 Å². The first-order valence-corrected chi connectivity index (χ1v) is 5.40. The number of nitrogen functional groups attached to an aromatic ring is 1. The first-order valence-electron chi connectivity index (χ1n) is 5.40. The minimum atomic E-state index is -1.02. The highest BCUT2D eigenvalue weighted by Crippen LogP contribution is 2.30. The van der Waals surface area contributed by atoms with Crippen LogP contribution in [0.1, 0.15) is 6.23 Å². The highest BCUT2D eigenvalue weighted by Gasteiger charge is 2.45. The molecule has 0 bridgehead atoms. The van der Waals surface area contributed by atoms with Gasteiger partial charge in [0.2, 0.25) is 0 Å². The monoisotopic (exact) mass is 257 g/mol. The van der Waals surface area contributed by atoms with Crippen LogP contribution in [-0.4, -0.2) is 51.8 Å². The van der Waals surface area contributed by atoms with Crippen molar-refractivity contribution in [3.63, 3.8) is 0 Å². The molecule has 8 heteroatoms. The number of aliphatic hydroxyl groups excluding tert-OH is 2. The van der Waals surface area contributed by atoms with Crippen LogP contribution in [0.15, 0.2) is 17.1 Å². The second-order valence-corrected chi connectivity index (χ2v) is 3.98. The normalized spacial score (nSPS) is 31.7. The smallest absolute Gasteiger partial charge is 0.351 e. The highest BCUT2D eigenvalue weighted by atomic mass is 16.6. The van der Waals surface area contributed by atoms with Gasteiger partial charge >= 0.3 is 5.69 Å². The third-order valence-electron chi connectivity index (χ3n) is 2.89. The summed E-state index contributed by atoms with van der Waals surface area (Å²) in [5, 5.41) is 18.9. The molecule has 0 aromatic carbocycles. The van der Waals surface area contributed by atoms with Crippen molar-refractivity contribution >= 4 is 5.82 Å². The van der Waals surface area contributed by atoms with Crippen LogP contribution in [0.25, 0.3) is 0 Å². The van der Waals surface area contributed by atoms with Gasteiger partial charge in [0.25, 0.3) is 0 Å². The predicted octanol–water partition coefficient (Wildman–Crippen LogP) is -1.91. The van der Waals surface area contributed by atoms with Gasteiger partial charge in [0, 0.05) is 13.3 Å². The lowest BCUT2D eigenvalue weighted by Gasteiger charge is -2.20. The van der Waals surface area contributed by atoms with Gasteiger partial charge in [0.15, 0.2) is 6.23 Å². The molecule has 4 atom stereocenters. The number of ether oxygens (including phenoxy) is 2. The zero-order valence-electron chi connectivity index (χ0n) is 9.76. The topological polar surface area (TPSA) is 120 Å². The third kappa shape index (κ3) is 2.10. The average Bonchev–Trinajstić information content (AvgIpc) is 2.65. The molecule has 4 N–H and O–H groups in total. The number of rotatable bonds is 3. The summed E-state index contributed by atoms with van der Waals surface area (Å²) in [7, 11) is 1.39. The van der Waals surface area contributed by atoms with E-state index in [1.54, 1.807) is 0 Å². The maximum Gasteiger partial charge on any atom is 0.351 e. The Labute approximate surface area is 103 Å². The fourth-order valence-corrected chi connectivity index (χ4v) is 1.97. The van der Waals surface area contributed by atoms with Crippen LogP contribution >= 0.6 is 0 Å².